The van der Waals surface area contributed by atoms with Crippen molar-refractivity contribution in [2.24, 2.45) is 17.4 Å². The minimum Gasteiger partial charge on any atom is -0.508 e. The van der Waals surface area contributed by atoms with Gasteiger partial charge in [-0.1, -0.05) is 110 Å². The Labute approximate surface area is 720 Å². The number of phenols is 3. The number of carbonyl (C=O) groups excluding carboxylic acids is 7. The molecule has 0 aliphatic carbocycles. The van der Waals surface area contributed by atoms with Crippen LogP contribution in [0.4, 0.5) is 0 Å². The molecule has 662 valence electrons. The lowest BCUT2D eigenvalue weighted by Gasteiger charge is -2.48. The molecule has 38 heteroatoms. The predicted molar refractivity (Wildman–Crippen MR) is 440 cm³/mol. The summed E-state index contributed by atoms with van der Waals surface area (Å²) in [6.45, 7) is 9.12. The van der Waals surface area contributed by atoms with Crippen molar-refractivity contribution in [3.8, 4) is 68.2 Å². The number of hydrogen-bond acceptors (Lipinski definition) is 28. The molecule has 36 nitrogen and oxygen atoms in total. The van der Waals surface area contributed by atoms with Gasteiger partial charge in [0.2, 0.25) is 53.4 Å². The van der Waals surface area contributed by atoms with Crippen molar-refractivity contribution in [3.05, 3.63) is 177 Å². The van der Waals surface area contributed by atoms with Gasteiger partial charge in [-0.2, -0.15) is 0 Å². The molecule has 22 N–H and O–H groups in total. The number of likely N-dealkylation sites (N-methyl/N-ethyl adjacent to an activating group) is 1. The Morgan fingerprint density at radius 1 is 0.637 bits per heavy atom. The van der Waals surface area contributed by atoms with E-state index in [1.54, 1.807) is 13.8 Å². The normalized spacial score (nSPS) is 29.9. The summed E-state index contributed by atoms with van der Waals surface area (Å²) in [6.07, 6.45) is -22.8. The summed E-state index contributed by atoms with van der Waals surface area (Å²) in [4.78, 5) is 121. The molecule has 124 heavy (non-hydrogen) atoms. The second-order valence-electron chi connectivity index (χ2n) is 32.6. The lowest BCUT2D eigenvalue weighted by atomic mass is 9.84. The number of aliphatic hydroxyl groups excluding tert-OH is 6. The molecule has 3 fully saturated rings. The zero-order chi connectivity index (χ0) is 89.4. The third-order valence-corrected chi connectivity index (χ3v) is 23.4. The maximum Gasteiger partial charge on any atom is 0.330 e. The van der Waals surface area contributed by atoms with Gasteiger partial charge in [-0.15, -0.1) is 0 Å². The molecule has 7 aromatic rings. The van der Waals surface area contributed by atoms with Crippen LogP contribution in [-0.2, 0) is 68.6 Å². The topological polar surface area (TPSA) is 561 Å². The van der Waals surface area contributed by atoms with E-state index in [1.165, 1.54) is 51.2 Å². The first kappa shape index (κ1) is 90.8. The van der Waals surface area contributed by atoms with E-state index in [2.05, 4.69) is 42.5 Å². The number of hydrogen-bond donors (Lipinski definition) is 20. The van der Waals surface area contributed by atoms with Gasteiger partial charge < -0.3 is 143 Å². The Bertz CT molecular complexity index is 5190. The molecule has 0 unspecified atom stereocenters. The predicted octanol–water partition coefficient (Wildman–Crippen LogP) is 3.84. The first-order valence-electron chi connectivity index (χ1n) is 40.0. The molecule has 0 spiro atoms. The lowest BCUT2D eigenvalue weighted by molar-refractivity contribution is -0.334. The summed E-state index contributed by atoms with van der Waals surface area (Å²) in [7, 11) is 1.48. The number of amides is 7. The van der Waals surface area contributed by atoms with Crippen molar-refractivity contribution in [1.82, 2.24) is 42.5 Å². The van der Waals surface area contributed by atoms with Crippen molar-refractivity contribution in [1.29, 1.82) is 0 Å². The number of carbonyl (C=O) groups is 8. The highest BCUT2D eigenvalue weighted by molar-refractivity contribution is 6.32. The van der Waals surface area contributed by atoms with Crippen LogP contribution in [0.2, 0.25) is 10.0 Å². The summed E-state index contributed by atoms with van der Waals surface area (Å²) < 4.78 is 52.9. The maximum absolute atomic E-state index is 16.6. The molecule has 0 aromatic heterocycles. The van der Waals surface area contributed by atoms with E-state index in [0.29, 0.717) is 0 Å². The zero-order valence-electron chi connectivity index (χ0n) is 68.0. The molecular formula is C86H98Cl2N10O26. The average molecular weight is 1760 g/mol. The van der Waals surface area contributed by atoms with Crippen LogP contribution in [0.1, 0.15) is 131 Å². The van der Waals surface area contributed by atoms with Gasteiger partial charge in [0.1, 0.15) is 89.5 Å². The number of halogens is 2. The van der Waals surface area contributed by atoms with Crippen LogP contribution < -0.4 is 68.2 Å². The van der Waals surface area contributed by atoms with Gasteiger partial charge in [0, 0.05) is 53.2 Å². The number of benzene rings is 7. The Hall–Kier alpha value is -10.9. The number of aliphatic carboxylic acids is 1. The van der Waals surface area contributed by atoms with Crippen molar-refractivity contribution >= 4 is 70.5 Å². The highest BCUT2D eigenvalue weighted by Gasteiger charge is 2.53. The molecule has 8 heterocycles. The minimum absolute atomic E-state index is 0.117. The fourth-order valence-corrected chi connectivity index (χ4v) is 16.6. The number of carboxylic acid groups (broad SMARTS) is 1. The maximum atomic E-state index is 16.6. The fraction of sp³-hybridized carbons (Fsp3) is 0.419. The molecule has 15 rings (SSSR count). The molecule has 0 saturated carbocycles. The summed E-state index contributed by atoms with van der Waals surface area (Å²) in [6, 6.07) is 17.1. The zero-order valence-corrected chi connectivity index (χ0v) is 69.5. The van der Waals surface area contributed by atoms with Gasteiger partial charge >= 0.3 is 5.97 Å². The summed E-state index contributed by atoms with van der Waals surface area (Å²) >= 11 is 14.7. The van der Waals surface area contributed by atoms with Gasteiger partial charge in [0.25, 0.3) is 0 Å². The van der Waals surface area contributed by atoms with Crippen LogP contribution in [-0.4, -0.2) is 215 Å². The number of aliphatic hydroxyl groups is 6. The van der Waals surface area contributed by atoms with Crippen LogP contribution >= 0.6 is 23.2 Å². The van der Waals surface area contributed by atoms with E-state index in [-0.39, 0.29) is 59.2 Å². The smallest absolute Gasteiger partial charge is 0.330 e. The van der Waals surface area contributed by atoms with Gasteiger partial charge in [0.15, 0.2) is 36.2 Å². The van der Waals surface area contributed by atoms with Crippen LogP contribution in [0.5, 0.6) is 46.0 Å². The molecule has 8 aliphatic rings. The fourth-order valence-electron chi connectivity index (χ4n) is 16.2. The molecular weight excluding hydrogens is 1660 g/mol. The Morgan fingerprint density at radius 3 is 1.86 bits per heavy atom. The second-order valence-corrected chi connectivity index (χ2v) is 33.4. The number of nitrogens with one attached hydrogen (secondary N) is 8. The van der Waals surface area contributed by atoms with Gasteiger partial charge in [-0.25, -0.2) is 4.79 Å². The SMILES string of the molecule is CN[C@H](CC(C)C)C(=O)N[C@H]1C(=O)N[C@@H](CC(N)=O)C(=O)N[C@H]2C(=O)N[C@H]3C(=O)N[C@H](C(=O)N[C@H](C(=O)O)c4cc(O)cc(O)c4-c4cc3ccc4O)[C@H](O[C@@H]3C[C@](C)(N)[C@@H](O)[C@H](C)O3)c3ccc(c(Cl)c3)Oc3cc2cc(c3O[C@@H]2O[C@H](CO)[C@@H](O)[C@H](O)[C@H]2O[C@H]2C[C@](C)(NCc3ccc(-c4ccccc4)cc3)[C@@H](O)[C@H](C)O2)Oc2ccc(cc2Cl)[C@H]1O. The Kier molecular flexibility index (Phi) is 27.5. The van der Waals surface area contributed by atoms with Crippen molar-refractivity contribution < 1.29 is 127 Å². The van der Waals surface area contributed by atoms with E-state index in [4.69, 9.17) is 72.6 Å². The number of ether oxygens (including phenoxy) is 8. The van der Waals surface area contributed by atoms with E-state index >= 15 is 24.0 Å². The highest BCUT2D eigenvalue weighted by atomic mass is 35.5. The quantitative estimate of drug-likeness (QED) is 0.0547. The third-order valence-electron chi connectivity index (χ3n) is 22.9. The van der Waals surface area contributed by atoms with Crippen molar-refractivity contribution in [2.45, 2.75) is 207 Å². The van der Waals surface area contributed by atoms with Gasteiger partial charge in [-0.05, 0) is 141 Å². The van der Waals surface area contributed by atoms with E-state index in [1.807, 2.05) is 68.4 Å². The molecule has 7 amide bonds. The first-order valence-corrected chi connectivity index (χ1v) is 40.7. The monoisotopic (exact) mass is 1760 g/mol. The molecule has 11 bridgehead atoms. The number of fused-ring (bicyclic) bond motifs is 15. The van der Waals surface area contributed by atoms with E-state index < -0.39 is 261 Å². The number of aromatic hydroxyl groups is 3. The lowest BCUT2D eigenvalue weighted by Crippen LogP contribution is -2.65. The Morgan fingerprint density at radius 2 is 1.24 bits per heavy atom. The number of carboxylic acids is 1. The number of primary amides is 1. The van der Waals surface area contributed by atoms with Gasteiger partial charge in [-0.3, -0.25) is 33.6 Å². The molecule has 0 radical (unpaired) electrons. The molecule has 8 aliphatic heterocycles. The molecule has 3 saturated heterocycles. The third kappa shape index (κ3) is 19.6. The van der Waals surface area contributed by atoms with E-state index in [0.717, 1.165) is 65.2 Å². The average Bonchev–Trinajstić information content (AvgIpc) is 0.769. The van der Waals surface area contributed by atoms with Crippen LogP contribution in [0.25, 0.3) is 22.3 Å². The summed E-state index contributed by atoms with van der Waals surface area (Å²) in [5.41, 5.74) is 9.79. The Balaban J connectivity index is 1.02. The van der Waals surface area contributed by atoms with E-state index in [9.17, 15) is 65.4 Å². The van der Waals surface area contributed by atoms with Crippen LogP contribution in [0.15, 0.2) is 133 Å². The molecule has 7 aromatic carbocycles. The summed E-state index contributed by atoms with van der Waals surface area (Å²) in [5, 5.41) is 137. The number of rotatable bonds is 19. The van der Waals surface area contributed by atoms with Gasteiger partial charge in [0.05, 0.1) is 53.5 Å². The number of phenolic OH excluding ortho intramolecular Hbond substituents is 3. The molecule has 22 atom stereocenters. The number of nitrogens with two attached hydrogens (primary N) is 2. The first-order chi connectivity index (χ1) is 58.8. The highest BCUT2D eigenvalue weighted by Crippen LogP contribution is 2.51. The van der Waals surface area contributed by atoms with Crippen molar-refractivity contribution in [3.63, 3.8) is 0 Å². The second kappa shape index (κ2) is 37.5. The largest absolute Gasteiger partial charge is 0.508 e. The summed E-state index contributed by atoms with van der Waals surface area (Å²) in [5.74, 6) is -16.1. The van der Waals surface area contributed by atoms with Crippen LogP contribution in [0, 0.1) is 5.92 Å². The standard InChI is InChI=1S/C86H98Cl2N10O26/c1-36(2)23-51(91-7)77(109)97-67-69(104)43-18-21-55(49(87)25-43)119-57-27-45-28-58(73(57)124-84-74(71(106)70(105)59(35-99)121-84)123-62-33-86(6,76(108)38(4)118-62)92-34-39-13-15-41(16-14-39)40-11-9-8-10-12-40)120-56-22-19-44(26-50(56)88)72(122-61-32-85(5,90)75(107)37(3)117-61)68-82(114)96-66(83(115)116)48-29-46(100)30-54(102)63(48)47-24-42(17-20-53(47)101)64(79(111)98-68)95-80(112)65(45)94-78(110)52(31-60(89)103)93-81(67)113/h8-22,24-30,36-38,51-52,59,61-62,64-72,74-76,84,91-92,99-102,104-108H,23,31-35,90H2,1-7H3,(H2,89,103)(H,93,113)(H,94,110)(H,95,112)(H,96,114)(H,97,109)(H,98,111)(H,115,116)/t37-,38-,51+,52-,59+,61+,62-,64+,65+,66-,67+,68-,69+,70+,71-,72+,74+,75-,76-,84-,85-,86-/m0/s1. The van der Waals surface area contributed by atoms with Crippen molar-refractivity contribution in [2.75, 3.05) is 13.7 Å². The minimum atomic E-state index is -2.39. The van der Waals surface area contributed by atoms with Crippen LogP contribution in [0.3, 0.4) is 0 Å².